The second kappa shape index (κ2) is 3.37. The molecule has 0 radical (unpaired) electrons. The summed E-state index contributed by atoms with van der Waals surface area (Å²) in [6.07, 6.45) is 2.30. The van der Waals surface area contributed by atoms with Crippen LogP contribution < -0.4 is 5.32 Å². The molecule has 1 saturated heterocycles. The molecule has 1 aromatic rings. The highest BCUT2D eigenvalue weighted by atomic mass is 16.5. The minimum Gasteiger partial charge on any atom is -0.381 e. The van der Waals surface area contributed by atoms with Gasteiger partial charge in [-0.05, 0) is 12.8 Å². The maximum atomic E-state index is 5.46. The van der Waals surface area contributed by atoms with Gasteiger partial charge in [-0.25, -0.2) is 0 Å². The third kappa shape index (κ3) is 1.26. The van der Waals surface area contributed by atoms with Crippen molar-refractivity contribution in [2.75, 3.05) is 13.2 Å². The number of nitrogens with one attached hydrogen (secondary N) is 1. The first-order valence-electron chi connectivity index (χ1n) is 5.21. The van der Waals surface area contributed by atoms with Crippen LogP contribution in [0.25, 0.3) is 0 Å². The van der Waals surface area contributed by atoms with Gasteiger partial charge in [0.15, 0.2) is 0 Å². The fourth-order valence-electron chi connectivity index (χ4n) is 2.26. The molecular formula is C10H14N2O2. The number of rotatable bonds is 1. The van der Waals surface area contributed by atoms with Crippen LogP contribution in [0.5, 0.6) is 0 Å². The molecule has 3 rings (SSSR count). The van der Waals surface area contributed by atoms with Crippen LogP contribution >= 0.6 is 0 Å². The Bertz CT molecular complexity index is 329. The molecule has 4 nitrogen and oxygen atoms in total. The molecule has 14 heavy (non-hydrogen) atoms. The summed E-state index contributed by atoms with van der Waals surface area (Å²) in [7, 11) is 0. The highest BCUT2D eigenvalue weighted by molar-refractivity contribution is 5.29. The number of aromatic nitrogens is 1. The van der Waals surface area contributed by atoms with Gasteiger partial charge in [-0.15, -0.1) is 0 Å². The average molecular weight is 194 g/mol. The van der Waals surface area contributed by atoms with Gasteiger partial charge in [0.05, 0.1) is 6.61 Å². The van der Waals surface area contributed by atoms with E-state index in [9.17, 15) is 0 Å². The van der Waals surface area contributed by atoms with Crippen molar-refractivity contribution in [3.63, 3.8) is 0 Å². The maximum Gasteiger partial charge on any atom is 0.146 e. The second-order valence-corrected chi connectivity index (χ2v) is 3.99. The van der Waals surface area contributed by atoms with Gasteiger partial charge in [-0.3, -0.25) is 0 Å². The highest BCUT2D eigenvalue weighted by Gasteiger charge is 2.27. The number of fused-ring (bicyclic) bond motifs is 1. The zero-order chi connectivity index (χ0) is 9.38. The molecule has 0 amide bonds. The second-order valence-electron chi connectivity index (χ2n) is 3.99. The molecule has 0 bridgehead atoms. The van der Waals surface area contributed by atoms with Gasteiger partial charge in [0.2, 0.25) is 0 Å². The van der Waals surface area contributed by atoms with E-state index in [1.54, 1.807) is 0 Å². The fraction of sp³-hybridized carbons (Fsp3) is 0.700. The normalized spacial score (nSPS) is 26.4. The molecule has 1 N–H and O–H groups in total. The SMILES string of the molecule is C1COCC(c2onc3c2CNC3)C1. The average Bonchev–Trinajstić information content (AvgIpc) is 2.79. The molecule has 1 aromatic heterocycles. The van der Waals surface area contributed by atoms with E-state index in [1.165, 1.54) is 12.0 Å². The van der Waals surface area contributed by atoms with Crippen LogP contribution in [0.1, 0.15) is 35.8 Å². The molecule has 0 spiro atoms. The first kappa shape index (κ1) is 8.44. The van der Waals surface area contributed by atoms with E-state index in [1.807, 2.05) is 0 Å². The van der Waals surface area contributed by atoms with E-state index in [0.717, 1.165) is 44.2 Å². The van der Waals surface area contributed by atoms with Crippen LogP contribution in [-0.4, -0.2) is 18.4 Å². The molecule has 0 saturated carbocycles. The quantitative estimate of drug-likeness (QED) is 0.729. The Kier molecular flexibility index (Phi) is 2.03. The Morgan fingerprint density at radius 1 is 1.36 bits per heavy atom. The predicted octanol–water partition coefficient (Wildman–Crippen LogP) is 1.17. The minimum absolute atomic E-state index is 0.430. The summed E-state index contributed by atoms with van der Waals surface area (Å²) < 4.78 is 10.9. The van der Waals surface area contributed by atoms with Crippen molar-refractivity contribution < 1.29 is 9.26 Å². The summed E-state index contributed by atoms with van der Waals surface area (Å²) in [6, 6.07) is 0. The van der Waals surface area contributed by atoms with Crippen molar-refractivity contribution in [3.8, 4) is 0 Å². The van der Waals surface area contributed by atoms with Crippen molar-refractivity contribution >= 4 is 0 Å². The molecule has 3 heterocycles. The molecule has 4 heteroatoms. The van der Waals surface area contributed by atoms with E-state index >= 15 is 0 Å². The van der Waals surface area contributed by atoms with Crippen LogP contribution in [0.4, 0.5) is 0 Å². The number of nitrogens with zero attached hydrogens (tertiary/aromatic N) is 1. The maximum absolute atomic E-state index is 5.46. The van der Waals surface area contributed by atoms with Gasteiger partial charge in [0.25, 0.3) is 0 Å². The lowest BCUT2D eigenvalue weighted by atomic mass is 9.96. The Morgan fingerprint density at radius 2 is 2.36 bits per heavy atom. The van der Waals surface area contributed by atoms with E-state index < -0.39 is 0 Å². The van der Waals surface area contributed by atoms with Crippen LogP contribution in [0.15, 0.2) is 4.52 Å². The van der Waals surface area contributed by atoms with Crippen molar-refractivity contribution in [2.45, 2.75) is 31.8 Å². The Balaban J connectivity index is 1.88. The van der Waals surface area contributed by atoms with Crippen molar-refractivity contribution in [2.24, 2.45) is 0 Å². The summed E-state index contributed by atoms with van der Waals surface area (Å²) in [6.45, 7) is 3.45. The van der Waals surface area contributed by atoms with Gasteiger partial charge in [-0.1, -0.05) is 5.16 Å². The highest BCUT2D eigenvalue weighted by Crippen LogP contribution is 2.31. The van der Waals surface area contributed by atoms with Crippen molar-refractivity contribution in [1.82, 2.24) is 10.5 Å². The van der Waals surface area contributed by atoms with Gasteiger partial charge in [0, 0.05) is 31.2 Å². The molecule has 2 aliphatic rings. The Hall–Kier alpha value is -0.870. The molecule has 1 fully saturated rings. The van der Waals surface area contributed by atoms with Crippen LogP contribution in [0.3, 0.4) is 0 Å². The van der Waals surface area contributed by atoms with Gasteiger partial charge >= 0.3 is 0 Å². The smallest absolute Gasteiger partial charge is 0.146 e. The molecule has 1 unspecified atom stereocenters. The largest absolute Gasteiger partial charge is 0.381 e. The van der Waals surface area contributed by atoms with Crippen LogP contribution in [-0.2, 0) is 17.8 Å². The first-order valence-corrected chi connectivity index (χ1v) is 5.21. The third-order valence-corrected chi connectivity index (χ3v) is 3.03. The van der Waals surface area contributed by atoms with Crippen molar-refractivity contribution in [1.29, 1.82) is 0 Å². The lowest BCUT2D eigenvalue weighted by Gasteiger charge is -2.20. The summed E-state index contributed by atoms with van der Waals surface area (Å²) in [5, 5.41) is 7.36. The summed E-state index contributed by atoms with van der Waals surface area (Å²) in [5.74, 6) is 1.49. The van der Waals surface area contributed by atoms with Crippen molar-refractivity contribution in [3.05, 3.63) is 17.0 Å². The standard InChI is InChI=1S/C10H14N2O2/c1-2-7(6-13-3-1)10-8-4-11-5-9(8)12-14-10/h7,11H,1-6H2. The molecule has 0 aromatic carbocycles. The van der Waals surface area contributed by atoms with E-state index in [-0.39, 0.29) is 0 Å². The number of ether oxygens (including phenoxy) is 1. The minimum atomic E-state index is 0.430. The number of hydrogen-bond acceptors (Lipinski definition) is 4. The summed E-state index contributed by atoms with van der Waals surface area (Å²) in [4.78, 5) is 0. The zero-order valence-electron chi connectivity index (χ0n) is 8.08. The lowest BCUT2D eigenvalue weighted by molar-refractivity contribution is 0.0716. The Morgan fingerprint density at radius 3 is 3.21 bits per heavy atom. The summed E-state index contributed by atoms with van der Waals surface area (Å²) >= 11 is 0. The predicted molar refractivity (Wildman–Crippen MR) is 49.8 cm³/mol. The van der Waals surface area contributed by atoms with Gasteiger partial charge in [-0.2, -0.15) is 0 Å². The summed E-state index contributed by atoms with van der Waals surface area (Å²) in [5.41, 5.74) is 2.37. The van der Waals surface area contributed by atoms with Crippen LogP contribution in [0, 0.1) is 0 Å². The van der Waals surface area contributed by atoms with Gasteiger partial charge in [0.1, 0.15) is 11.5 Å². The van der Waals surface area contributed by atoms with E-state index in [4.69, 9.17) is 9.26 Å². The third-order valence-electron chi connectivity index (χ3n) is 3.03. The molecule has 0 aliphatic carbocycles. The molecule has 1 atom stereocenters. The monoisotopic (exact) mass is 194 g/mol. The van der Waals surface area contributed by atoms with Crippen LogP contribution in [0.2, 0.25) is 0 Å². The van der Waals surface area contributed by atoms with E-state index in [0.29, 0.717) is 5.92 Å². The topological polar surface area (TPSA) is 47.3 Å². The van der Waals surface area contributed by atoms with E-state index in [2.05, 4.69) is 10.5 Å². The fourth-order valence-corrected chi connectivity index (χ4v) is 2.26. The first-order chi connectivity index (χ1) is 6.95. The lowest BCUT2D eigenvalue weighted by Crippen LogP contribution is -2.16. The number of hydrogen-bond donors (Lipinski definition) is 1. The molecule has 76 valence electrons. The Labute approximate surface area is 82.6 Å². The zero-order valence-corrected chi connectivity index (χ0v) is 8.08. The van der Waals surface area contributed by atoms with Gasteiger partial charge < -0.3 is 14.6 Å². The molecular weight excluding hydrogens is 180 g/mol. The molecule has 2 aliphatic heterocycles.